The topological polar surface area (TPSA) is 71.4 Å². The van der Waals surface area contributed by atoms with Crippen LogP contribution >= 0.6 is 0 Å². The molecule has 3 heterocycles. The lowest BCUT2D eigenvalue weighted by atomic mass is 10.1. The second-order valence-electron chi connectivity index (χ2n) is 6.25. The highest BCUT2D eigenvalue weighted by molar-refractivity contribution is 5.47. The number of nitrogens with zero attached hydrogens (tertiary/aromatic N) is 2. The molecule has 0 radical (unpaired) electrons. The third-order valence-electron chi connectivity index (χ3n) is 4.52. The minimum absolute atomic E-state index is 0.160. The van der Waals surface area contributed by atoms with Crippen molar-refractivity contribution in [2.75, 3.05) is 13.7 Å². The molecule has 0 saturated heterocycles. The van der Waals surface area contributed by atoms with E-state index in [-0.39, 0.29) is 17.1 Å². The van der Waals surface area contributed by atoms with E-state index in [1.165, 1.54) is 13.2 Å². The largest absolute Gasteiger partial charge is 0.494 e. The van der Waals surface area contributed by atoms with E-state index in [2.05, 4.69) is 14.9 Å². The highest BCUT2D eigenvalue weighted by Crippen LogP contribution is 2.22. The molecule has 4 rings (SSSR count). The summed E-state index contributed by atoms with van der Waals surface area (Å²) < 4.78 is 24.1. The number of aromatic amines is 1. The third-order valence-corrected chi connectivity index (χ3v) is 4.52. The van der Waals surface area contributed by atoms with Gasteiger partial charge in [0.2, 0.25) is 0 Å². The molecule has 7 heteroatoms. The Hall–Kier alpha value is -2.93. The summed E-state index contributed by atoms with van der Waals surface area (Å²) in [5, 5.41) is 0. The molecule has 1 N–H and O–H groups in total. The number of aromatic nitrogens is 2. The number of halogens is 1. The van der Waals surface area contributed by atoms with Gasteiger partial charge in [-0.15, -0.1) is 0 Å². The van der Waals surface area contributed by atoms with Gasteiger partial charge in [0.1, 0.15) is 0 Å². The average Bonchev–Trinajstić information content (AvgIpc) is 3.17. The minimum Gasteiger partial charge on any atom is -0.494 e. The number of ether oxygens (including phenoxy) is 1. The summed E-state index contributed by atoms with van der Waals surface area (Å²) in [7, 11) is 1.44. The summed E-state index contributed by atoms with van der Waals surface area (Å²) in [5.74, 6) is 0.833. The van der Waals surface area contributed by atoms with Crippen LogP contribution in [0.5, 0.6) is 5.75 Å². The zero-order valence-electron chi connectivity index (χ0n) is 14.3. The number of fused-ring (bicyclic) bond motifs is 1. The van der Waals surface area contributed by atoms with Gasteiger partial charge in [-0.2, -0.15) is 0 Å². The molecule has 0 aliphatic carbocycles. The van der Waals surface area contributed by atoms with Crippen LogP contribution in [0.2, 0.25) is 0 Å². The summed E-state index contributed by atoms with van der Waals surface area (Å²) in [6.07, 6.45) is 2.20. The Morgan fingerprint density at radius 3 is 3.00 bits per heavy atom. The van der Waals surface area contributed by atoms with E-state index >= 15 is 0 Å². The Bertz CT molecular complexity index is 982. The fourth-order valence-corrected chi connectivity index (χ4v) is 3.21. The van der Waals surface area contributed by atoms with E-state index in [1.807, 2.05) is 6.07 Å². The smallest absolute Gasteiger partial charge is 0.256 e. The second kappa shape index (κ2) is 6.76. The Kier molecular flexibility index (Phi) is 4.30. The molecule has 134 valence electrons. The number of rotatable bonds is 4. The van der Waals surface area contributed by atoms with Crippen molar-refractivity contribution >= 4 is 0 Å². The zero-order valence-corrected chi connectivity index (χ0v) is 14.3. The quantitative estimate of drug-likeness (QED) is 0.779. The maximum absolute atomic E-state index is 13.9. The minimum atomic E-state index is -0.384. The van der Waals surface area contributed by atoms with Gasteiger partial charge in [-0.1, -0.05) is 6.07 Å². The number of hydrogen-bond donors (Lipinski definition) is 1. The van der Waals surface area contributed by atoms with Crippen LogP contribution in [0, 0.1) is 5.82 Å². The normalized spacial score (nSPS) is 14.2. The Morgan fingerprint density at radius 2 is 2.27 bits per heavy atom. The van der Waals surface area contributed by atoms with Gasteiger partial charge in [0, 0.05) is 26.1 Å². The van der Waals surface area contributed by atoms with Crippen LogP contribution in [0.4, 0.5) is 4.39 Å². The third kappa shape index (κ3) is 3.13. The predicted octanol–water partition coefficient (Wildman–Crippen LogP) is 2.74. The van der Waals surface area contributed by atoms with E-state index in [9.17, 15) is 9.18 Å². The van der Waals surface area contributed by atoms with Crippen molar-refractivity contribution in [1.82, 2.24) is 14.9 Å². The van der Waals surface area contributed by atoms with Crippen LogP contribution in [0.25, 0.3) is 11.6 Å². The fourth-order valence-electron chi connectivity index (χ4n) is 3.21. The van der Waals surface area contributed by atoms with Crippen LogP contribution < -0.4 is 10.3 Å². The summed E-state index contributed by atoms with van der Waals surface area (Å²) in [6.45, 7) is 1.78. The van der Waals surface area contributed by atoms with Gasteiger partial charge in [-0.3, -0.25) is 9.69 Å². The molecule has 6 nitrogen and oxygen atoms in total. The maximum atomic E-state index is 13.9. The molecular weight excluding hydrogens is 337 g/mol. The van der Waals surface area contributed by atoms with E-state index < -0.39 is 0 Å². The van der Waals surface area contributed by atoms with Gasteiger partial charge in [0.25, 0.3) is 5.56 Å². The molecule has 0 spiro atoms. The lowest BCUT2D eigenvalue weighted by Gasteiger charge is -2.27. The van der Waals surface area contributed by atoms with Gasteiger partial charge in [0.15, 0.2) is 23.2 Å². The van der Waals surface area contributed by atoms with Crippen molar-refractivity contribution in [3.63, 3.8) is 0 Å². The first-order chi connectivity index (χ1) is 12.6. The van der Waals surface area contributed by atoms with Crippen molar-refractivity contribution in [2.45, 2.75) is 19.5 Å². The number of H-pyrrole nitrogens is 1. The van der Waals surface area contributed by atoms with Crippen LogP contribution in [-0.4, -0.2) is 28.5 Å². The lowest BCUT2D eigenvalue weighted by molar-refractivity contribution is 0.241. The average molecular weight is 355 g/mol. The molecule has 2 aromatic heterocycles. The van der Waals surface area contributed by atoms with Gasteiger partial charge in [0.05, 0.1) is 24.6 Å². The van der Waals surface area contributed by atoms with Gasteiger partial charge >= 0.3 is 0 Å². The molecule has 0 bridgehead atoms. The van der Waals surface area contributed by atoms with Gasteiger partial charge in [-0.25, -0.2) is 9.37 Å². The SMILES string of the molecule is COc1ccc(CN2CCc3nc(-c4ccco4)[nH]c(=O)c3C2)cc1F. The Labute approximate surface area is 149 Å². The summed E-state index contributed by atoms with van der Waals surface area (Å²) >= 11 is 0. The van der Waals surface area contributed by atoms with Crippen molar-refractivity contribution in [3.8, 4) is 17.3 Å². The molecule has 1 aliphatic rings. The van der Waals surface area contributed by atoms with E-state index in [4.69, 9.17) is 9.15 Å². The molecule has 0 amide bonds. The molecule has 0 unspecified atom stereocenters. The van der Waals surface area contributed by atoms with Crippen molar-refractivity contribution in [2.24, 2.45) is 0 Å². The standard InChI is InChI=1S/C19H18FN3O3/c1-25-16-5-4-12(9-14(16)20)10-23-7-6-15-13(11-23)19(24)22-18(21-15)17-3-2-8-26-17/h2-5,8-9H,6-7,10-11H2,1H3,(H,21,22,24). The first kappa shape index (κ1) is 16.5. The summed E-state index contributed by atoms with van der Waals surface area (Å²) in [4.78, 5) is 21.9. The van der Waals surface area contributed by atoms with Gasteiger partial charge < -0.3 is 14.1 Å². The number of hydrogen-bond acceptors (Lipinski definition) is 5. The zero-order chi connectivity index (χ0) is 18.1. The molecule has 0 fully saturated rings. The molecule has 26 heavy (non-hydrogen) atoms. The Morgan fingerprint density at radius 1 is 1.38 bits per heavy atom. The summed E-state index contributed by atoms with van der Waals surface area (Å²) in [5.41, 5.74) is 2.12. The molecular formula is C19H18FN3O3. The van der Waals surface area contributed by atoms with Crippen molar-refractivity contribution in [1.29, 1.82) is 0 Å². The first-order valence-electron chi connectivity index (χ1n) is 8.35. The van der Waals surface area contributed by atoms with Gasteiger partial charge in [-0.05, 0) is 29.8 Å². The first-order valence-corrected chi connectivity index (χ1v) is 8.35. The van der Waals surface area contributed by atoms with Crippen LogP contribution in [0.15, 0.2) is 45.8 Å². The fraction of sp³-hybridized carbons (Fsp3) is 0.263. The van der Waals surface area contributed by atoms with Crippen LogP contribution in [0.1, 0.15) is 16.8 Å². The van der Waals surface area contributed by atoms with Crippen molar-refractivity contribution in [3.05, 3.63) is 69.6 Å². The molecule has 1 aromatic carbocycles. The van der Waals surface area contributed by atoms with Crippen LogP contribution in [-0.2, 0) is 19.5 Å². The molecule has 0 saturated carbocycles. The number of furan rings is 1. The highest BCUT2D eigenvalue weighted by atomic mass is 19.1. The summed E-state index contributed by atoms with van der Waals surface area (Å²) in [6, 6.07) is 8.44. The molecule has 3 aromatic rings. The predicted molar refractivity (Wildman–Crippen MR) is 93.3 cm³/mol. The molecule has 0 atom stereocenters. The van der Waals surface area contributed by atoms with E-state index in [1.54, 1.807) is 24.5 Å². The number of benzene rings is 1. The number of methoxy groups -OCH3 is 1. The maximum Gasteiger partial charge on any atom is 0.256 e. The van der Waals surface area contributed by atoms with E-state index in [0.29, 0.717) is 36.7 Å². The monoisotopic (exact) mass is 355 g/mol. The second-order valence-corrected chi connectivity index (χ2v) is 6.25. The van der Waals surface area contributed by atoms with Crippen molar-refractivity contribution < 1.29 is 13.5 Å². The highest BCUT2D eigenvalue weighted by Gasteiger charge is 2.22. The Balaban J connectivity index is 1.55. The van der Waals surface area contributed by atoms with Crippen LogP contribution in [0.3, 0.4) is 0 Å². The molecule has 1 aliphatic heterocycles. The lowest BCUT2D eigenvalue weighted by Crippen LogP contribution is -2.35. The van der Waals surface area contributed by atoms with E-state index in [0.717, 1.165) is 17.8 Å². The number of nitrogens with one attached hydrogen (secondary N) is 1.